The largest absolute Gasteiger partial charge is 0.480 e. The Bertz CT molecular complexity index is 397. The van der Waals surface area contributed by atoms with Gasteiger partial charge in [-0.2, -0.15) is 0 Å². The molecule has 0 aliphatic heterocycles. The van der Waals surface area contributed by atoms with E-state index in [0.29, 0.717) is 24.1 Å². The van der Waals surface area contributed by atoms with Crippen molar-refractivity contribution >= 4 is 17.7 Å². The number of carboxylic acid groups (broad SMARTS) is 1. The molecule has 1 unspecified atom stereocenters. The molecule has 0 aromatic carbocycles. The Balaban J connectivity index is 2.33. The van der Waals surface area contributed by atoms with Crippen LogP contribution < -0.4 is 5.32 Å². The SMILES string of the molecule is CCNC(C)(CCCSc1nnc(C)o1)C(=O)O. The number of nitrogens with one attached hydrogen (secondary N) is 1. The second-order valence-corrected chi connectivity index (χ2v) is 5.25. The van der Waals surface area contributed by atoms with Gasteiger partial charge in [0.2, 0.25) is 5.89 Å². The molecule has 1 atom stereocenters. The van der Waals surface area contributed by atoms with Gasteiger partial charge in [0.25, 0.3) is 5.22 Å². The van der Waals surface area contributed by atoms with Crippen LogP contribution in [0.15, 0.2) is 9.64 Å². The standard InChI is InChI=1S/C11H19N3O3S/c1-4-12-11(3,9(15)16)6-5-7-18-10-14-13-8(2)17-10/h12H,4-7H2,1-3H3,(H,15,16). The van der Waals surface area contributed by atoms with Crippen molar-refractivity contribution in [1.29, 1.82) is 0 Å². The molecule has 1 aromatic heterocycles. The summed E-state index contributed by atoms with van der Waals surface area (Å²) in [6.07, 6.45) is 1.33. The third kappa shape index (κ3) is 4.30. The van der Waals surface area contributed by atoms with Crippen LogP contribution in [0.5, 0.6) is 0 Å². The summed E-state index contributed by atoms with van der Waals surface area (Å²) in [7, 11) is 0. The van der Waals surface area contributed by atoms with E-state index in [4.69, 9.17) is 4.42 Å². The van der Waals surface area contributed by atoms with Crippen LogP contribution in [0.1, 0.15) is 32.6 Å². The summed E-state index contributed by atoms with van der Waals surface area (Å²) in [5.74, 6) is 0.485. The molecule has 0 saturated carbocycles. The van der Waals surface area contributed by atoms with Crippen molar-refractivity contribution in [1.82, 2.24) is 15.5 Å². The van der Waals surface area contributed by atoms with Crippen molar-refractivity contribution in [2.75, 3.05) is 12.3 Å². The first-order valence-corrected chi connectivity index (χ1v) is 6.88. The molecular formula is C11H19N3O3S. The molecule has 1 heterocycles. The smallest absolute Gasteiger partial charge is 0.323 e. The Morgan fingerprint density at radius 3 is 2.78 bits per heavy atom. The molecule has 0 fully saturated rings. The van der Waals surface area contributed by atoms with Crippen LogP contribution >= 0.6 is 11.8 Å². The number of hydrogen-bond acceptors (Lipinski definition) is 6. The first-order valence-electron chi connectivity index (χ1n) is 5.89. The second-order valence-electron chi connectivity index (χ2n) is 4.21. The zero-order valence-electron chi connectivity index (χ0n) is 10.9. The Morgan fingerprint density at radius 1 is 1.56 bits per heavy atom. The van der Waals surface area contributed by atoms with Crippen molar-refractivity contribution in [3.8, 4) is 0 Å². The van der Waals surface area contributed by atoms with Gasteiger partial charge < -0.3 is 14.8 Å². The van der Waals surface area contributed by atoms with E-state index in [1.807, 2.05) is 6.92 Å². The highest BCUT2D eigenvalue weighted by Crippen LogP contribution is 2.20. The lowest BCUT2D eigenvalue weighted by atomic mass is 9.96. The number of carboxylic acids is 1. The van der Waals surface area contributed by atoms with E-state index in [0.717, 1.165) is 12.2 Å². The van der Waals surface area contributed by atoms with Crippen LogP contribution in [0.25, 0.3) is 0 Å². The van der Waals surface area contributed by atoms with Gasteiger partial charge in [0.15, 0.2) is 0 Å². The first kappa shape index (κ1) is 15.0. The van der Waals surface area contributed by atoms with Crippen molar-refractivity contribution in [3.63, 3.8) is 0 Å². The zero-order chi connectivity index (χ0) is 13.6. The van der Waals surface area contributed by atoms with Gasteiger partial charge in [-0.15, -0.1) is 10.2 Å². The average Bonchev–Trinajstić information content (AvgIpc) is 2.71. The molecule has 0 radical (unpaired) electrons. The molecular weight excluding hydrogens is 254 g/mol. The molecule has 0 amide bonds. The van der Waals surface area contributed by atoms with E-state index < -0.39 is 11.5 Å². The molecule has 6 nitrogen and oxygen atoms in total. The molecule has 0 saturated heterocycles. The number of thioether (sulfide) groups is 1. The minimum Gasteiger partial charge on any atom is -0.480 e. The second kappa shape index (κ2) is 6.75. The third-order valence-corrected chi connectivity index (χ3v) is 3.50. The number of carbonyl (C=O) groups is 1. The minimum atomic E-state index is -0.861. The first-order chi connectivity index (χ1) is 8.48. The van der Waals surface area contributed by atoms with Gasteiger partial charge in [0.1, 0.15) is 5.54 Å². The maximum Gasteiger partial charge on any atom is 0.323 e. The fraction of sp³-hybridized carbons (Fsp3) is 0.727. The molecule has 2 N–H and O–H groups in total. The maximum atomic E-state index is 11.2. The van der Waals surface area contributed by atoms with E-state index in [2.05, 4.69) is 15.5 Å². The van der Waals surface area contributed by atoms with E-state index in [-0.39, 0.29) is 0 Å². The number of nitrogens with zero attached hydrogens (tertiary/aromatic N) is 2. The number of rotatable bonds is 8. The summed E-state index contributed by atoms with van der Waals surface area (Å²) in [4.78, 5) is 11.2. The van der Waals surface area contributed by atoms with Gasteiger partial charge in [-0.05, 0) is 26.3 Å². The minimum absolute atomic E-state index is 0.535. The molecule has 1 aromatic rings. The predicted molar refractivity (Wildman–Crippen MR) is 68.7 cm³/mol. The van der Waals surface area contributed by atoms with Crippen LogP contribution in [0.2, 0.25) is 0 Å². The summed E-state index contributed by atoms with van der Waals surface area (Å²) in [6, 6.07) is 0. The Labute approximate surface area is 111 Å². The lowest BCUT2D eigenvalue weighted by Gasteiger charge is -2.25. The number of aromatic nitrogens is 2. The highest BCUT2D eigenvalue weighted by Gasteiger charge is 2.31. The summed E-state index contributed by atoms with van der Waals surface area (Å²) >= 11 is 1.45. The van der Waals surface area contributed by atoms with Gasteiger partial charge >= 0.3 is 5.97 Å². The van der Waals surface area contributed by atoms with Gasteiger partial charge in [-0.25, -0.2) is 0 Å². The van der Waals surface area contributed by atoms with Crippen molar-refractivity contribution < 1.29 is 14.3 Å². The van der Waals surface area contributed by atoms with Gasteiger partial charge in [0, 0.05) is 12.7 Å². The van der Waals surface area contributed by atoms with E-state index in [1.54, 1.807) is 13.8 Å². The number of likely N-dealkylation sites (N-methyl/N-ethyl adjacent to an activating group) is 1. The van der Waals surface area contributed by atoms with Gasteiger partial charge in [0.05, 0.1) is 0 Å². The van der Waals surface area contributed by atoms with Crippen LogP contribution in [-0.2, 0) is 4.79 Å². The molecule has 0 aliphatic rings. The van der Waals surface area contributed by atoms with Crippen molar-refractivity contribution in [2.45, 2.75) is 44.4 Å². The summed E-state index contributed by atoms with van der Waals surface area (Å²) in [6.45, 7) is 5.99. The number of hydrogen-bond donors (Lipinski definition) is 2. The Hall–Kier alpha value is -1.08. The quantitative estimate of drug-likeness (QED) is 0.550. The predicted octanol–water partition coefficient (Wildman–Crippen LogP) is 1.70. The fourth-order valence-corrected chi connectivity index (χ4v) is 2.32. The molecule has 1 rings (SSSR count). The highest BCUT2D eigenvalue weighted by atomic mass is 32.2. The fourth-order valence-electron chi connectivity index (χ4n) is 1.58. The lowest BCUT2D eigenvalue weighted by molar-refractivity contribution is -0.144. The molecule has 18 heavy (non-hydrogen) atoms. The summed E-state index contributed by atoms with van der Waals surface area (Å²) in [5.41, 5.74) is -0.861. The Kier molecular flexibility index (Phi) is 5.61. The van der Waals surface area contributed by atoms with Crippen LogP contribution in [0.4, 0.5) is 0 Å². The normalized spacial score (nSPS) is 14.4. The maximum absolute atomic E-state index is 11.2. The summed E-state index contributed by atoms with van der Waals surface area (Å²) < 4.78 is 5.22. The van der Waals surface area contributed by atoms with Crippen molar-refractivity contribution in [3.05, 3.63) is 5.89 Å². The van der Waals surface area contributed by atoms with Crippen LogP contribution in [0.3, 0.4) is 0 Å². The van der Waals surface area contributed by atoms with Crippen LogP contribution in [0, 0.1) is 6.92 Å². The molecule has 0 spiro atoms. The average molecular weight is 273 g/mol. The molecule has 7 heteroatoms. The van der Waals surface area contributed by atoms with E-state index >= 15 is 0 Å². The van der Waals surface area contributed by atoms with E-state index in [9.17, 15) is 9.90 Å². The topological polar surface area (TPSA) is 88.3 Å². The monoisotopic (exact) mass is 273 g/mol. The number of aliphatic carboxylic acids is 1. The van der Waals surface area contributed by atoms with Gasteiger partial charge in [-0.3, -0.25) is 4.79 Å². The molecule has 0 bridgehead atoms. The van der Waals surface area contributed by atoms with Crippen molar-refractivity contribution in [2.24, 2.45) is 0 Å². The highest BCUT2D eigenvalue weighted by molar-refractivity contribution is 7.99. The van der Waals surface area contributed by atoms with E-state index in [1.165, 1.54) is 11.8 Å². The summed E-state index contributed by atoms with van der Waals surface area (Å²) in [5, 5.41) is 20.3. The number of aryl methyl sites for hydroxylation is 1. The third-order valence-electron chi connectivity index (χ3n) is 2.59. The zero-order valence-corrected chi connectivity index (χ0v) is 11.7. The molecule has 102 valence electrons. The Morgan fingerprint density at radius 2 is 2.28 bits per heavy atom. The van der Waals surface area contributed by atoms with Gasteiger partial charge in [-0.1, -0.05) is 18.7 Å². The molecule has 0 aliphatic carbocycles. The lowest BCUT2D eigenvalue weighted by Crippen LogP contribution is -2.49. The van der Waals surface area contributed by atoms with Crippen LogP contribution in [-0.4, -0.2) is 39.1 Å².